The van der Waals surface area contributed by atoms with Gasteiger partial charge in [-0.2, -0.15) is 5.10 Å². The maximum atomic E-state index is 12.5. The first-order valence-corrected chi connectivity index (χ1v) is 8.15. The van der Waals surface area contributed by atoms with Gasteiger partial charge in [-0.05, 0) is 30.7 Å². The number of carbonyl (C=O) groups is 1. The first-order valence-electron chi connectivity index (χ1n) is 8.15. The maximum Gasteiger partial charge on any atom is 0.276 e. The normalized spacial score (nSPS) is 10.4. The molecule has 1 heterocycles. The summed E-state index contributed by atoms with van der Waals surface area (Å²) in [7, 11) is 1.53. The highest BCUT2D eigenvalue weighted by atomic mass is 16.5. The number of ether oxygens (including phenoxy) is 1. The number of hydrogen-bond acceptors (Lipinski definition) is 4. The van der Waals surface area contributed by atoms with E-state index in [1.165, 1.54) is 23.9 Å². The number of aryl methyl sites for hydroxylation is 1. The van der Waals surface area contributed by atoms with E-state index in [0.717, 1.165) is 11.1 Å². The molecule has 2 aromatic carbocycles. The van der Waals surface area contributed by atoms with Crippen LogP contribution >= 0.6 is 0 Å². The number of para-hydroxylation sites is 2. The fraction of sp³-hybridized carbons (Fsp3) is 0.150. The van der Waals surface area contributed by atoms with Crippen LogP contribution in [0.3, 0.4) is 0 Å². The predicted molar refractivity (Wildman–Crippen MR) is 99.7 cm³/mol. The van der Waals surface area contributed by atoms with Gasteiger partial charge in [0.2, 0.25) is 0 Å². The summed E-state index contributed by atoms with van der Waals surface area (Å²) in [6.45, 7) is 2.30. The average molecular weight is 349 g/mol. The highest BCUT2D eigenvalue weighted by Gasteiger charge is 2.12. The fourth-order valence-corrected chi connectivity index (χ4v) is 2.48. The number of benzene rings is 2. The Bertz CT molecular complexity index is 978. The molecule has 1 aromatic heterocycles. The van der Waals surface area contributed by atoms with Crippen LogP contribution in [0.5, 0.6) is 5.75 Å². The Balaban J connectivity index is 1.83. The monoisotopic (exact) mass is 349 g/mol. The van der Waals surface area contributed by atoms with Gasteiger partial charge >= 0.3 is 0 Å². The number of aromatic nitrogens is 2. The lowest BCUT2D eigenvalue weighted by Crippen LogP contribution is -2.26. The summed E-state index contributed by atoms with van der Waals surface area (Å²) in [6.07, 6.45) is 0. The van der Waals surface area contributed by atoms with E-state index in [-0.39, 0.29) is 11.3 Å². The predicted octanol–water partition coefficient (Wildman–Crippen LogP) is 2.86. The lowest BCUT2D eigenvalue weighted by atomic mass is 10.1. The summed E-state index contributed by atoms with van der Waals surface area (Å²) >= 11 is 0. The average Bonchev–Trinajstić information content (AvgIpc) is 2.65. The van der Waals surface area contributed by atoms with E-state index in [0.29, 0.717) is 18.0 Å². The van der Waals surface area contributed by atoms with Gasteiger partial charge in [-0.15, -0.1) is 0 Å². The summed E-state index contributed by atoms with van der Waals surface area (Å²) in [6, 6.07) is 17.7. The molecule has 0 atom stereocenters. The molecule has 0 aliphatic heterocycles. The SMILES string of the molecule is COc1ccccc1NC(=O)c1ccc(=O)n(Cc2ccc(C)cc2)n1. The van der Waals surface area contributed by atoms with Gasteiger partial charge in [0.25, 0.3) is 11.5 Å². The Hall–Kier alpha value is -3.41. The van der Waals surface area contributed by atoms with Gasteiger partial charge in [0.1, 0.15) is 11.4 Å². The zero-order valence-electron chi connectivity index (χ0n) is 14.6. The van der Waals surface area contributed by atoms with Crippen LogP contribution in [-0.2, 0) is 6.54 Å². The minimum atomic E-state index is -0.410. The molecule has 1 amide bonds. The number of nitrogens with one attached hydrogen (secondary N) is 1. The Morgan fingerprint density at radius 2 is 1.81 bits per heavy atom. The topological polar surface area (TPSA) is 73.2 Å². The van der Waals surface area contributed by atoms with Crippen LogP contribution in [0, 0.1) is 6.92 Å². The van der Waals surface area contributed by atoms with Crippen molar-refractivity contribution < 1.29 is 9.53 Å². The van der Waals surface area contributed by atoms with Crippen molar-refractivity contribution in [2.24, 2.45) is 0 Å². The van der Waals surface area contributed by atoms with Gasteiger partial charge in [0, 0.05) is 6.07 Å². The van der Waals surface area contributed by atoms with Crippen LogP contribution in [0.1, 0.15) is 21.6 Å². The van der Waals surface area contributed by atoms with Crippen LogP contribution in [0.2, 0.25) is 0 Å². The molecule has 0 spiro atoms. The van der Waals surface area contributed by atoms with Gasteiger partial charge in [-0.1, -0.05) is 42.0 Å². The lowest BCUT2D eigenvalue weighted by molar-refractivity contribution is 0.101. The molecule has 1 N–H and O–H groups in total. The van der Waals surface area contributed by atoms with Crippen LogP contribution in [0.4, 0.5) is 5.69 Å². The first kappa shape index (κ1) is 17.4. The Labute approximate surface area is 151 Å². The number of nitrogens with zero attached hydrogens (tertiary/aromatic N) is 2. The largest absolute Gasteiger partial charge is 0.495 e. The molecule has 3 rings (SSSR count). The van der Waals surface area contributed by atoms with Crippen LogP contribution in [-0.4, -0.2) is 22.8 Å². The van der Waals surface area contributed by atoms with E-state index in [1.54, 1.807) is 18.2 Å². The molecule has 6 nitrogen and oxygen atoms in total. The molecule has 0 saturated carbocycles. The molecular weight excluding hydrogens is 330 g/mol. The Kier molecular flexibility index (Phi) is 5.12. The smallest absolute Gasteiger partial charge is 0.276 e. The van der Waals surface area contributed by atoms with Gasteiger partial charge in [0.15, 0.2) is 0 Å². The highest BCUT2D eigenvalue weighted by molar-refractivity contribution is 6.03. The second-order valence-electron chi connectivity index (χ2n) is 5.85. The first-order chi connectivity index (χ1) is 12.6. The molecule has 0 aliphatic carbocycles. The minimum absolute atomic E-state index is 0.155. The summed E-state index contributed by atoms with van der Waals surface area (Å²) in [5.74, 6) is 0.140. The van der Waals surface area contributed by atoms with Crippen molar-refractivity contribution in [3.05, 3.63) is 87.8 Å². The molecule has 0 fully saturated rings. The zero-order valence-corrected chi connectivity index (χ0v) is 14.6. The molecular formula is C20H19N3O3. The molecule has 0 unspecified atom stereocenters. The Morgan fingerprint density at radius 3 is 2.54 bits per heavy atom. The number of amides is 1. The fourth-order valence-electron chi connectivity index (χ4n) is 2.48. The van der Waals surface area contributed by atoms with Crippen molar-refractivity contribution >= 4 is 11.6 Å². The zero-order chi connectivity index (χ0) is 18.5. The second-order valence-corrected chi connectivity index (χ2v) is 5.85. The molecule has 0 aliphatic rings. The molecule has 26 heavy (non-hydrogen) atoms. The third kappa shape index (κ3) is 3.97. The Morgan fingerprint density at radius 1 is 1.08 bits per heavy atom. The molecule has 3 aromatic rings. The van der Waals surface area contributed by atoms with Crippen molar-refractivity contribution in [3.8, 4) is 5.75 Å². The van der Waals surface area contributed by atoms with E-state index < -0.39 is 5.91 Å². The number of carbonyl (C=O) groups excluding carboxylic acids is 1. The molecule has 132 valence electrons. The molecule has 6 heteroatoms. The van der Waals surface area contributed by atoms with Crippen molar-refractivity contribution in [2.75, 3.05) is 12.4 Å². The van der Waals surface area contributed by atoms with Crippen molar-refractivity contribution in [1.82, 2.24) is 9.78 Å². The van der Waals surface area contributed by atoms with E-state index in [9.17, 15) is 9.59 Å². The van der Waals surface area contributed by atoms with Crippen LogP contribution in [0.25, 0.3) is 0 Å². The minimum Gasteiger partial charge on any atom is -0.495 e. The van der Waals surface area contributed by atoms with Gasteiger partial charge < -0.3 is 10.1 Å². The van der Waals surface area contributed by atoms with E-state index >= 15 is 0 Å². The van der Waals surface area contributed by atoms with Crippen LogP contribution < -0.4 is 15.6 Å². The van der Waals surface area contributed by atoms with E-state index in [2.05, 4.69) is 10.4 Å². The quantitative estimate of drug-likeness (QED) is 0.769. The number of anilines is 1. The lowest BCUT2D eigenvalue weighted by Gasteiger charge is -2.10. The number of hydrogen-bond donors (Lipinski definition) is 1. The maximum absolute atomic E-state index is 12.5. The third-order valence-electron chi connectivity index (χ3n) is 3.91. The highest BCUT2D eigenvalue weighted by Crippen LogP contribution is 2.23. The standard InChI is InChI=1S/C20H19N3O3/c1-14-7-9-15(10-8-14)13-23-19(24)12-11-17(22-23)20(25)21-16-5-3-4-6-18(16)26-2/h3-12H,13H2,1-2H3,(H,21,25). The van der Waals surface area contributed by atoms with Gasteiger partial charge in [-0.25, -0.2) is 4.68 Å². The summed E-state index contributed by atoms with van der Waals surface area (Å²) in [4.78, 5) is 24.6. The van der Waals surface area contributed by atoms with E-state index in [1.807, 2.05) is 37.3 Å². The second kappa shape index (κ2) is 7.65. The molecule has 0 saturated heterocycles. The number of methoxy groups -OCH3 is 1. The van der Waals surface area contributed by atoms with Crippen LogP contribution in [0.15, 0.2) is 65.5 Å². The van der Waals surface area contributed by atoms with Gasteiger partial charge in [-0.3, -0.25) is 9.59 Å². The van der Waals surface area contributed by atoms with Gasteiger partial charge in [0.05, 0.1) is 19.3 Å². The van der Waals surface area contributed by atoms with Crippen molar-refractivity contribution in [2.45, 2.75) is 13.5 Å². The molecule has 0 radical (unpaired) electrons. The van der Waals surface area contributed by atoms with Crippen molar-refractivity contribution in [3.63, 3.8) is 0 Å². The summed E-state index contributed by atoms with van der Waals surface area (Å²) < 4.78 is 6.50. The third-order valence-corrected chi connectivity index (χ3v) is 3.91. The summed E-state index contributed by atoms with van der Waals surface area (Å²) in [5.41, 5.74) is 2.51. The molecule has 0 bridgehead atoms. The number of rotatable bonds is 5. The van der Waals surface area contributed by atoms with Crippen molar-refractivity contribution in [1.29, 1.82) is 0 Å². The van der Waals surface area contributed by atoms with E-state index in [4.69, 9.17) is 4.74 Å². The summed E-state index contributed by atoms with van der Waals surface area (Å²) in [5, 5.41) is 6.95.